The van der Waals surface area contributed by atoms with Gasteiger partial charge in [-0.2, -0.15) is 0 Å². The summed E-state index contributed by atoms with van der Waals surface area (Å²) in [6.45, 7) is 8.11. The van der Waals surface area contributed by atoms with Gasteiger partial charge in [-0.25, -0.2) is 4.98 Å². The van der Waals surface area contributed by atoms with Gasteiger partial charge in [0.05, 0.1) is 25.2 Å². The lowest BCUT2D eigenvalue weighted by Crippen LogP contribution is -2.48. The molecular weight excluding hydrogens is 318 g/mol. The molecule has 136 valence electrons. The first-order chi connectivity index (χ1) is 12.1. The Morgan fingerprint density at radius 1 is 1.36 bits per heavy atom. The van der Waals surface area contributed by atoms with Gasteiger partial charge in [-0.1, -0.05) is 18.2 Å². The Bertz CT molecular complexity index is 688. The van der Waals surface area contributed by atoms with Crippen molar-refractivity contribution in [1.82, 2.24) is 14.5 Å². The predicted octanol–water partition coefficient (Wildman–Crippen LogP) is 1.85. The normalized spacial score (nSPS) is 21.9. The number of nitrogens with zero attached hydrogens (tertiary/aromatic N) is 3. The topological polar surface area (TPSA) is 59.8 Å². The highest BCUT2D eigenvalue weighted by molar-refractivity contribution is 5.31. The molecule has 2 heterocycles. The van der Waals surface area contributed by atoms with Gasteiger partial charge in [-0.05, 0) is 25.5 Å². The standard InChI is InChI=1S/C19H27N3O3/c1-3-22-15-20-10-17(22)11-21-8-9-24-13-19(23,12-21)14-25-18-7-5-4-6-16(18)2/h4-7,10,15,23H,3,8-9,11-14H2,1-2H3. The van der Waals surface area contributed by atoms with Crippen molar-refractivity contribution in [1.29, 1.82) is 0 Å². The average Bonchev–Trinajstić information content (AvgIpc) is 2.96. The smallest absolute Gasteiger partial charge is 0.134 e. The summed E-state index contributed by atoms with van der Waals surface area (Å²) < 4.78 is 13.6. The van der Waals surface area contributed by atoms with Crippen LogP contribution in [-0.4, -0.2) is 58.1 Å². The van der Waals surface area contributed by atoms with E-state index in [1.165, 1.54) is 0 Å². The number of para-hydroxylation sites is 1. The number of aromatic nitrogens is 2. The van der Waals surface area contributed by atoms with Crippen LogP contribution in [0.1, 0.15) is 18.2 Å². The van der Waals surface area contributed by atoms with E-state index < -0.39 is 5.60 Å². The van der Waals surface area contributed by atoms with Crippen molar-refractivity contribution >= 4 is 0 Å². The number of aliphatic hydroxyl groups is 1. The zero-order valence-corrected chi connectivity index (χ0v) is 15.0. The van der Waals surface area contributed by atoms with Gasteiger partial charge in [-0.3, -0.25) is 4.90 Å². The van der Waals surface area contributed by atoms with Crippen LogP contribution < -0.4 is 4.74 Å². The Kier molecular flexibility index (Phi) is 5.73. The molecule has 1 aliphatic rings. The van der Waals surface area contributed by atoms with Crippen molar-refractivity contribution in [2.75, 3.05) is 32.9 Å². The summed E-state index contributed by atoms with van der Waals surface area (Å²) in [6, 6.07) is 7.84. The lowest BCUT2D eigenvalue weighted by Gasteiger charge is -2.30. The molecule has 1 aliphatic heterocycles. The molecule has 1 aromatic heterocycles. The fourth-order valence-corrected chi connectivity index (χ4v) is 3.14. The number of benzene rings is 1. The third-order valence-electron chi connectivity index (χ3n) is 4.56. The van der Waals surface area contributed by atoms with Gasteiger partial charge in [0, 0.05) is 32.4 Å². The van der Waals surface area contributed by atoms with Crippen molar-refractivity contribution in [3.8, 4) is 5.75 Å². The molecule has 6 heteroatoms. The van der Waals surface area contributed by atoms with E-state index in [1.807, 2.05) is 43.7 Å². The van der Waals surface area contributed by atoms with E-state index in [4.69, 9.17) is 9.47 Å². The Morgan fingerprint density at radius 3 is 3.00 bits per heavy atom. The second-order valence-corrected chi connectivity index (χ2v) is 6.71. The zero-order valence-electron chi connectivity index (χ0n) is 15.0. The van der Waals surface area contributed by atoms with Crippen LogP contribution >= 0.6 is 0 Å². The van der Waals surface area contributed by atoms with Crippen molar-refractivity contribution in [2.45, 2.75) is 32.5 Å². The van der Waals surface area contributed by atoms with Crippen molar-refractivity contribution < 1.29 is 14.6 Å². The first-order valence-corrected chi connectivity index (χ1v) is 8.79. The average molecular weight is 345 g/mol. The molecule has 1 aromatic carbocycles. The van der Waals surface area contributed by atoms with Gasteiger partial charge < -0.3 is 19.1 Å². The lowest BCUT2D eigenvalue weighted by atomic mass is 10.1. The molecular formula is C19H27N3O3. The number of hydrogen-bond donors (Lipinski definition) is 1. The maximum Gasteiger partial charge on any atom is 0.134 e. The first kappa shape index (κ1) is 17.9. The number of ether oxygens (including phenoxy) is 2. The highest BCUT2D eigenvalue weighted by Gasteiger charge is 2.34. The van der Waals surface area contributed by atoms with Crippen LogP contribution in [0.15, 0.2) is 36.8 Å². The summed E-state index contributed by atoms with van der Waals surface area (Å²) in [4.78, 5) is 6.43. The van der Waals surface area contributed by atoms with Crippen LogP contribution in [-0.2, 0) is 17.8 Å². The zero-order chi connectivity index (χ0) is 17.7. The van der Waals surface area contributed by atoms with Crippen LogP contribution in [0, 0.1) is 6.92 Å². The molecule has 0 saturated carbocycles. The van der Waals surface area contributed by atoms with E-state index in [2.05, 4.69) is 21.4 Å². The number of rotatable bonds is 6. The van der Waals surface area contributed by atoms with Gasteiger partial charge in [0.1, 0.15) is 18.0 Å². The van der Waals surface area contributed by atoms with E-state index in [0.29, 0.717) is 13.2 Å². The molecule has 0 amide bonds. The second kappa shape index (κ2) is 7.99. The maximum atomic E-state index is 11.0. The summed E-state index contributed by atoms with van der Waals surface area (Å²) in [6.07, 6.45) is 3.73. The highest BCUT2D eigenvalue weighted by Crippen LogP contribution is 2.20. The summed E-state index contributed by atoms with van der Waals surface area (Å²) in [5, 5.41) is 11.0. The third kappa shape index (κ3) is 4.60. The van der Waals surface area contributed by atoms with Crippen LogP contribution in [0.5, 0.6) is 5.75 Å². The van der Waals surface area contributed by atoms with Gasteiger partial charge >= 0.3 is 0 Å². The highest BCUT2D eigenvalue weighted by atomic mass is 16.5. The fraction of sp³-hybridized carbons (Fsp3) is 0.526. The summed E-state index contributed by atoms with van der Waals surface area (Å²) in [5.74, 6) is 0.802. The minimum atomic E-state index is -1.03. The van der Waals surface area contributed by atoms with Gasteiger partial charge in [-0.15, -0.1) is 0 Å². The van der Waals surface area contributed by atoms with E-state index >= 15 is 0 Å². The minimum Gasteiger partial charge on any atom is -0.490 e. The Hall–Kier alpha value is -1.89. The number of β-amino-alcohol motifs (C(OH)–C–C–N with tert-alkyl or cyclic N) is 1. The SMILES string of the molecule is CCn1cncc1CN1CCOCC(O)(COc2ccccc2C)C1. The minimum absolute atomic E-state index is 0.210. The Morgan fingerprint density at radius 2 is 2.20 bits per heavy atom. The molecule has 1 fully saturated rings. The molecule has 1 saturated heterocycles. The molecule has 0 bridgehead atoms. The van der Waals surface area contributed by atoms with E-state index in [-0.39, 0.29) is 13.2 Å². The van der Waals surface area contributed by atoms with Gasteiger partial charge in [0.15, 0.2) is 0 Å². The number of imidazole rings is 1. The second-order valence-electron chi connectivity index (χ2n) is 6.71. The Balaban J connectivity index is 1.65. The third-order valence-corrected chi connectivity index (χ3v) is 4.56. The van der Waals surface area contributed by atoms with Gasteiger partial charge in [0.25, 0.3) is 0 Å². The Labute approximate surface area is 149 Å². The van der Waals surface area contributed by atoms with Crippen LogP contribution in [0.3, 0.4) is 0 Å². The molecule has 25 heavy (non-hydrogen) atoms. The van der Waals surface area contributed by atoms with Crippen LogP contribution in [0.2, 0.25) is 0 Å². The molecule has 0 aliphatic carbocycles. The van der Waals surface area contributed by atoms with E-state index in [1.54, 1.807) is 0 Å². The van der Waals surface area contributed by atoms with Crippen molar-refractivity contribution in [3.63, 3.8) is 0 Å². The van der Waals surface area contributed by atoms with Crippen molar-refractivity contribution in [2.24, 2.45) is 0 Å². The van der Waals surface area contributed by atoms with E-state index in [9.17, 15) is 5.11 Å². The number of hydrogen-bond acceptors (Lipinski definition) is 5. The monoisotopic (exact) mass is 345 g/mol. The molecule has 2 aromatic rings. The van der Waals surface area contributed by atoms with Crippen LogP contribution in [0.25, 0.3) is 0 Å². The fourth-order valence-electron chi connectivity index (χ4n) is 3.14. The molecule has 6 nitrogen and oxygen atoms in total. The molecule has 1 N–H and O–H groups in total. The summed E-state index contributed by atoms with van der Waals surface area (Å²) in [7, 11) is 0. The maximum absolute atomic E-state index is 11.0. The van der Waals surface area contributed by atoms with Gasteiger partial charge in [0.2, 0.25) is 0 Å². The molecule has 0 spiro atoms. The predicted molar refractivity (Wildman–Crippen MR) is 95.6 cm³/mol. The molecule has 1 atom stereocenters. The van der Waals surface area contributed by atoms with Crippen LogP contribution in [0.4, 0.5) is 0 Å². The lowest BCUT2D eigenvalue weighted by molar-refractivity contribution is -0.0648. The first-order valence-electron chi connectivity index (χ1n) is 8.79. The van der Waals surface area contributed by atoms with E-state index in [0.717, 1.165) is 36.6 Å². The molecule has 3 rings (SSSR count). The quantitative estimate of drug-likeness (QED) is 0.866. The number of aryl methyl sites for hydroxylation is 2. The van der Waals surface area contributed by atoms with Crippen molar-refractivity contribution in [3.05, 3.63) is 48.0 Å². The summed E-state index contributed by atoms with van der Waals surface area (Å²) >= 11 is 0. The summed E-state index contributed by atoms with van der Waals surface area (Å²) in [5.41, 5.74) is 1.17. The largest absolute Gasteiger partial charge is 0.490 e. The molecule has 0 radical (unpaired) electrons. The molecule has 1 unspecified atom stereocenters.